The van der Waals surface area contributed by atoms with Crippen molar-refractivity contribution in [1.82, 2.24) is 9.88 Å². The van der Waals surface area contributed by atoms with Crippen LogP contribution in [-0.4, -0.2) is 23.0 Å². The number of nitriles is 1. The molecule has 0 spiro atoms. The van der Waals surface area contributed by atoms with Crippen molar-refractivity contribution in [2.24, 2.45) is 0 Å². The van der Waals surface area contributed by atoms with Crippen LogP contribution >= 0.6 is 11.3 Å². The second-order valence-electron chi connectivity index (χ2n) is 4.69. The first-order valence-corrected chi connectivity index (χ1v) is 6.80. The summed E-state index contributed by atoms with van der Waals surface area (Å²) in [7, 11) is 0. The fraction of sp³-hybridized carbons (Fsp3) is 0.667. The van der Waals surface area contributed by atoms with Crippen molar-refractivity contribution in [3.05, 3.63) is 15.6 Å². The van der Waals surface area contributed by atoms with Gasteiger partial charge in [0.25, 0.3) is 0 Å². The van der Waals surface area contributed by atoms with Crippen LogP contribution in [-0.2, 0) is 6.54 Å². The van der Waals surface area contributed by atoms with E-state index in [0.29, 0.717) is 5.92 Å². The molecule has 2 fully saturated rings. The molecule has 1 aromatic rings. The lowest BCUT2D eigenvalue weighted by atomic mass is 10.3. The number of rotatable bonds is 3. The minimum absolute atomic E-state index is 0.596. The minimum atomic E-state index is 0.596. The van der Waals surface area contributed by atoms with Crippen molar-refractivity contribution in [2.75, 3.05) is 13.1 Å². The molecule has 2 heterocycles. The molecule has 2 aliphatic rings. The van der Waals surface area contributed by atoms with Crippen LogP contribution in [0.2, 0.25) is 0 Å². The molecule has 0 N–H and O–H groups in total. The summed E-state index contributed by atoms with van der Waals surface area (Å²) in [5.41, 5.74) is 1.08. The average Bonchev–Trinajstić information content (AvgIpc) is 2.86. The molecule has 1 aromatic heterocycles. The zero-order valence-corrected chi connectivity index (χ0v) is 10.1. The molecule has 0 amide bonds. The molecule has 0 radical (unpaired) electrons. The van der Waals surface area contributed by atoms with Crippen LogP contribution in [0.4, 0.5) is 0 Å². The van der Waals surface area contributed by atoms with Gasteiger partial charge in [0.15, 0.2) is 0 Å². The Balaban J connectivity index is 1.76. The Kier molecular flexibility index (Phi) is 2.66. The van der Waals surface area contributed by atoms with Gasteiger partial charge in [0.05, 0.1) is 12.2 Å². The van der Waals surface area contributed by atoms with Crippen LogP contribution in [0.15, 0.2) is 0 Å². The third kappa shape index (κ3) is 1.98. The summed E-state index contributed by atoms with van der Waals surface area (Å²) in [6.45, 7) is 3.34. The maximum Gasteiger partial charge on any atom is 0.128 e. The second-order valence-corrected chi connectivity index (χ2v) is 5.77. The number of thiazole rings is 1. The highest BCUT2D eigenvalue weighted by Gasteiger charge is 2.30. The Morgan fingerprint density at radius 3 is 2.75 bits per heavy atom. The molecule has 4 heteroatoms. The highest BCUT2D eigenvalue weighted by Crippen LogP contribution is 2.42. The zero-order chi connectivity index (χ0) is 11.0. The molecule has 3 nitrogen and oxygen atoms in total. The summed E-state index contributed by atoms with van der Waals surface area (Å²) in [5.74, 6) is 0.596. The lowest BCUT2D eigenvalue weighted by molar-refractivity contribution is 0.330. The molecule has 0 aromatic carbocycles. The molecule has 1 aliphatic heterocycles. The predicted octanol–water partition coefficient (Wildman–Crippen LogP) is 2.49. The van der Waals surface area contributed by atoms with Crippen LogP contribution in [0.3, 0.4) is 0 Å². The number of aromatic nitrogens is 1. The van der Waals surface area contributed by atoms with Gasteiger partial charge >= 0.3 is 0 Å². The van der Waals surface area contributed by atoms with Crippen molar-refractivity contribution in [1.29, 1.82) is 5.26 Å². The summed E-state index contributed by atoms with van der Waals surface area (Å²) in [6, 6.07) is 2.30. The van der Waals surface area contributed by atoms with E-state index in [9.17, 15) is 0 Å². The maximum atomic E-state index is 9.08. The van der Waals surface area contributed by atoms with Crippen LogP contribution in [0.5, 0.6) is 0 Å². The van der Waals surface area contributed by atoms with Crippen molar-refractivity contribution in [3.63, 3.8) is 0 Å². The average molecular weight is 233 g/mol. The van der Waals surface area contributed by atoms with Gasteiger partial charge in [-0.1, -0.05) is 0 Å². The Hall–Kier alpha value is -0.920. The van der Waals surface area contributed by atoms with Gasteiger partial charge < -0.3 is 0 Å². The lowest BCUT2D eigenvalue weighted by Gasteiger charge is -2.11. The SMILES string of the molecule is N#Cc1sc(CN2CCCC2)nc1C1CC1. The zero-order valence-electron chi connectivity index (χ0n) is 9.28. The second kappa shape index (κ2) is 4.15. The van der Waals surface area contributed by atoms with Gasteiger partial charge in [0.1, 0.15) is 16.0 Å². The van der Waals surface area contributed by atoms with E-state index < -0.39 is 0 Å². The number of hydrogen-bond acceptors (Lipinski definition) is 4. The summed E-state index contributed by atoms with van der Waals surface area (Å²) in [4.78, 5) is 7.96. The fourth-order valence-corrected chi connectivity index (χ4v) is 3.28. The number of hydrogen-bond donors (Lipinski definition) is 0. The summed E-state index contributed by atoms with van der Waals surface area (Å²) < 4.78 is 0. The van der Waals surface area contributed by atoms with E-state index in [-0.39, 0.29) is 0 Å². The molecule has 16 heavy (non-hydrogen) atoms. The predicted molar refractivity (Wildman–Crippen MR) is 63.3 cm³/mol. The van der Waals surface area contributed by atoms with Gasteiger partial charge in [-0.25, -0.2) is 4.98 Å². The van der Waals surface area contributed by atoms with Crippen molar-refractivity contribution in [3.8, 4) is 6.07 Å². The van der Waals surface area contributed by atoms with Crippen LogP contribution in [0.1, 0.15) is 47.2 Å². The van der Waals surface area contributed by atoms with Crippen LogP contribution < -0.4 is 0 Å². The van der Waals surface area contributed by atoms with E-state index in [1.54, 1.807) is 11.3 Å². The molecule has 0 bridgehead atoms. The molecule has 0 atom stereocenters. The Morgan fingerprint density at radius 2 is 2.12 bits per heavy atom. The van der Waals surface area contributed by atoms with E-state index in [1.165, 1.54) is 38.8 Å². The summed E-state index contributed by atoms with van der Waals surface area (Å²) in [6.07, 6.45) is 5.07. The first-order chi connectivity index (χ1) is 7.86. The Morgan fingerprint density at radius 1 is 1.38 bits per heavy atom. The van der Waals surface area contributed by atoms with Gasteiger partial charge in [-0.15, -0.1) is 11.3 Å². The van der Waals surface area contributed by atoms with Gasteiger partial charge in [0.2, 0.25) is 0 Å². The maximum absolute atomic E-state index is 9.08. The van der Waals surface area contributed by atoms with Crippen LogP contribution in [0, 0.1) is 11.3 Å². The lowest BCUT2D eigenvalue weighted by Crippen LogP contribution is -2.18. The third-order valence-electron chi connectivity index (χ3n) is 3.32. The van der Waals surface area contributed by atoms with Crippen molar-refractivity contribution in [2.45, 2.75) is 38.1 Å². The van der Waals surface area contributed by atoms with Gasteiger partial charge in [-0.2, -0.15) is 5.26 Å². The monoisotopic (exact) mass is 233 g/mol. The van der Waals surface area contributed by atoms with Crippen molar-refractivity contribution < 1.29 is 0 Å². The highest BCUT2D eigenvalue weighted by atomic mass is 32.1. The van der Waals surface area contributed by atoms with E-state index in [2.05, 4.69) is 16.0 Å². The summed E-state index contributed by atoms with van der Waals surface area (Å²) >= 11 is 1.60. The fourth-order valence-electron chi connectivity index (χ4n) is 2.29. The molecule has 3 rings (SSSR count). The summed E-state index contributed by atoms with van der Waals surface area (Å²) in [5, 5.41) is 10.2. The molecular formula is C12H15N3S. The molecule has 1 saturated carbocycles. The van der Waals surface area contributed by atoms with E-state index >= 15 is 0 Å². The molecule has 84 valence electrons. The van der Waals surface area contributed by atoms with Crippen molar-refractivity contribution >= 4 is 11.3 Å². The van der Waals surface area contributed by atoms with Gasteiger partial charge in [0, 0.05) is 5.92 Å². The topological polar surface area (TPSA) is 39.9 Å². The smallest absolute Gasteiger partial charge is 0.128 e. The largest absolute Gasteiger partial charge is 0.297 e. The standard InChI is InChI=1S/C12H15N3S/c13-7-10-12(9-3-4-9)14-11(16-10)8-15-5-1-2-6-15/h9H,1-6,8H2. The van der Waals surface area contributed by atoms with E-state index in [0.717, 1.165) is 22.1 Å². The molecule has 0 unspecified atom stereocenters. The number of nitrogens with zero attached hydrogens (tertiary/aromatic N) is 3. The normalized spacial score (nSPS) is 21.2. The van der Waals surface area contributed by atoms with E-state index in [1.807, 2.05) is 0 Å². The van der Waals surface area contributed by atoms with Crippen LogP contribution in [0.25, 0.3) is 0 Å². The first-order valence-electron chi connectivity index (χ1n) is 5.99. The quantitative estimate of drug-likeness (QED) is 0.805. The molecular weight excluding hydrogens is 218 g/mol. The Bertz CT molecular complexity index is 422. The minimum Gasteiger partial charge on any atom is -0.297 e. The Labute approximate surface area is 99.7 Å². The first kappa shape index (κ1) is 10.2. The van der Waals surface area contributed by atoms with E-state index in [4.69, 9.17) is 5.26 Å². The molecule has 1 saturated heterocycles. The molecule has 1 aliphatic carbocycles. The van der Waals surface area contributed by atoms with Gasteiger partial charge in [-0.3, -0.25) is 4.90 Å². The van der Waals surface area contributed by atoms with Gasteiger partial charge in [-0.05, 0) is 38.8 Å². The number of likely N-dealkylation sites (tertiary alicyclic amines) is 1. The third-order valence-corrected chi connectivity index (χ3v) is 4.28. The highest BCUT2D eigenvalue weighted by molar-refractivity contribution is 7.12.